The van der Waals surface area contributed by atoms with Gasteiger partial charge in [-0.3, -0.25) is 9.78 Å². The van der Waals surface area contributed by atoms with Gasteiger partial charge in [-0.25, -0.2) is 4.98 Å². The first kappa shape index (κ1) is 22.0. The predicted molar refractivity (Wildman–Crippen MR) is 119 cm³/mol. The molecule has 0 atom stereocenters. The molecule has 9 heteroatoms. The number of aliphatic hydroxyl groups excluding tert-OH is 1. The summed E-state index contributed by atoms with van der Waals surface area (Å²) in [6, 6.07) is 13.7. The quantitative estimate of drug-likeness (QED) is 0.394. The molecule has 3 N–H and O–H groups in total. The Balaban J connectivity index is 1.87. The van der Waals surface area contributed by atoms with Crippen LogP contribution in [-0.4, -0.2) is 41.3 Å². The highest BCUT2D eigenvalue weighted by Crippen LogP contribution is 2.40. The van der Waals surface area contributed by atoms with Crippen LogP contribution in [0.2, 0.25) is 0 Å². The molecule has 168 valence electrons. The monoisotopic (exact) mass is 449 g/mol. The summed E-state index contributed by atoms with van der Waals surface area (Å²) in [5.41, 5.74) is 6.37. The number of carbonyl (C=O) groups is 1. The Bertz CT molecular complexity index is 1310. The molecular weight excluding hydrogens is 429 g/mol. The van der Waals surface area contributed by atoms with Gasteiger partial charge in [-0.05, 0) is 17.7 Å². The number of benzene rings is 2. The van der Waals surface area contributed by atoms with E-state index < -0.39 is 11.9 Å². The van der Waals surface area contributed by atoms with E-state index in [0.29, 0.717) is 33.7 Å². The molecule has 0 aliphatic rings. The lowest BCUT2D eigenvalue weighted by Crippen LogP contribution is -2.16. The van der Waals surface area contributed by atoms with Crippen LogP contribution in [0.15, 0.2) is 60.9 Å². The molecule has 1 amide bonds. The molecule has 4 aromatic rings. The topological polar surface area (TPSA) is 117 Å². The SMILES string of the molecule is COc1cc2c(Oc3cnc(F)c(C(N)=O)c3-c3ccccc3)ccnc2cc1OCCO. The van der Waals surface area contributed by atoms with Crippen molar-refractivity contribution in [2.24, 2.45) is 5.73 Å². The molecule has 0 aliphatic carbocycles. The third-order valence-electron chi connectivity index (χ3n) is 4.86. The summed E-state index contributed by atoms with van der Waals surface area (Å²) in [4.78, 5) is 20.1. The predicted octanol–water partition coefficient (Wildman–Crippen LogP) is 3.71. The molecular formula is C24H20FN3O5. The van der Waals surface area contributed by atoms with Crippen LogP contribution in [-0.2, 0) is 0 Å². The maximum atomic E-state index is 14.5. The number of carbonyl (C=O) groups excluding carboxylic acids is 1. The summed E-state index contributed by atoms with van der Waals surface area (Å²) in [5.74, 6) is -0.617. The molecule has 4 rings (SSSR count). The Morgan fingerprint density at radius 3 is 2.55 bits per heavy atom. The van der Waals surface area contributed by atoms with Crippen LogP contribution in [0.4, 0.5) is 4.39 Å². The summed E-state index contributed by atoms with van der Waals surface area (Å²) in [7, 11) is 1.49. The van der Waals surface area contributed by atoms with Gasteiger partial charge in [-0.2, -0.15) is 4.39 Å². The second-order valence-corrected chi connectivity index (χ2v) is 6.90. The van der Waals surface area contributed by atoms with E-state index in [0.717, 1.165) is 0 Å². The number of aromatic nitrogens is 2. The van der Waals surface area contributed by atoms with Crippen molar-refractivity contribution in [1.82, 2.24) is 9.97 Å². The van der Waals surface area contributed by atoms with Gasteiger partial charge in [0.2, 0.25) is 5.95 Å². The molecule has 2 aromatic carbocycles. The van der Waals surface area contributed by atoms with Gasteiger partial charge in [0.15, 0.2) is 17.2 Å². The van der Waals surface area contributed by atoms with Crippen molar-refractivity contribution in [2.75, 3.05) is 20.3 Å². The van der Waals surface area contributed by atoms with E-state index in [1.54, 1.807) is 48.5 Å². The van der Waals surface area contributed by atoms with E-state index in [9.17, 15) is 9.18 Å². The number of rotatable bonds is 8. The van der Waals surface area contributed by atoms with E-state index >= 15 is 0 Å². The van der Waals surface area contributed by atoms with Crippen molar-refractivity contribution in [3.8, 4) is 34.1 Å². The van der Waals surface area contributed by atoms with Crippen molar-refractivity contribution >= 4 is 16.8 Å². The van der Waals surface area contributed by atoms with Crippen LogP contribution in [0.3, 0.4) is 0 Å². The number of nitrogens with zero attached hydrogens (tertiary/aromatic N) is 2. The standard InChI is InChI=1S/C24H20FN3O5/c1-31-18-11-15-16(12-19(18)32-10-9-29)27-8-7-17(15)33-20-13-28-23(25)22(24(26)30)21(20)14-5-3-2-4-6-14/h2-8,11-13,29H,9-10H2,1H3,(H2,26,30). The molecule has 8 nitrogen and oxygen atoms in total. The summed E-state index contributed by atoms with van der Waals surface area (Å²) in [5, 5.41) is 9.62. The van der Waals surface area contributed by atoms with Crippen LogP contribution < -0.4 is 19.9 Å². The van der Waals surface area contributed by atoms with E-state index in [-0.39, 0.29) is 30.1 Å². The van der Waals surface area contributed by atoms with Gasteiger partial charge < -0.3 is 25.1 Å². The first-order chi connectivity index (χ1) is 16.0. The van der Waals surface area contributed by atoms with Crippen LogP contribution >= 0.6 is 0 Å². The van der Waals surface area contributed by atoms with Gasteiger partial charge in [0, 0.05) is 23.2 Å². The summed E-state index contributed by atoms with van der Waals surface area (Å²) < 4.78 is 31.5. The molecule has 0 bridgehead atoms. The molecule has 0 radical (unpaired) electrons. The maximum Gasteiger partial charge on any atom is 0.254 e. The van der Waals surface area contributed by atoms with E-state index in [1.807, 2.05) is 0 Å². The number of hydrogen-bond donors (Lipinski definition) is 2. The number of pyridine rings is 2. The normalized spacial score (nSPS) is 10.8. The van der Waals surface area contributed by atoms with Crippen LogP contribution in [0.5, 0.6) is 23.0 Å². The van der Waals surface area contributed by atoms with Gasteiger partial charge >= 0.3 is 0 Å². The van der Waals surface area contributed by atoms with Crippen LogP contribution in [0.25, 0.3) is 22.0 Å². The highest BCUT2D eigenvalue weighted by Gasteiger charge is 2.23. The van der Waals surface area contributed by atoms with Gasteiger partial charge in [0.1, 0.15) is 17.9 Å². The molecule has 0 spiro atoms. The second kappa shape index (κ2) is 9.49. The Kier molecular flexibility index (Phi) is 6.32. The van der Waals surface area contributed by atoms with Crippen molar-refractivity contribution in [1.29, 1.82) is 0 Å². The second-order valence-electron chi connectivity index (χ2n) is 6.90. The fraction of sp³-hybridized carbons (Fsp3) is 0.125. The van der Waals surface area contributed by atoms with Gasteiger partial charge in [0.25, 0.3) is 5.91 Å². The highest BCUT2D eigenvalue weighted by molar-refractivity contribution is 6.01. The lowest BCUT2D eigenvalue weighted by atomic mass is 10.00. The van der Waals surface area contributed by atoms with Gasteiger partial charge in [-0.1, -0.05) is 30.3 Å². The molecule has 0 saturated heterocycles. The minimum absolute atomic E-state index is 0.0929. The summed E-state index contributed by atoms with van der Waals surface area (Å²) in [6.07, 6.45) is 2.74. The minimum Gasteiger partial charge on any atom is -0.493 e. The van der Waals surface area contributed by atoms with E-state index in [4.69, 9.17) is 25.1 Å². The zero-order valence-corrected chi connectivity index (χ0v) is 17.6. The van der Waals surface area contributed by atoms with E-state index in [2.05, 4.69) is 9.97 Å². The fourth-order valence-corrected chi connectivity index (χ4v) is 3.43. The summed E-state index contributed by atoms with van der Waals surface area (Å²) in [6.45, 7) is -0.0601. The number of nitrogens with two attached hydrogens (primary N) is 1. The number of halogens is 1. The zero-order chi connectivity index (χ0) is 23.4. The number of aliphatic hydroxyl groups is 1. The molecule has 0 aliphatic heterocycles. The molecule has 0 fully saturated rings. The molecule has 2 heterocycles. The first-order valence-electron chi connectivity index (χ1n) is 9.95. The Hall–Kier alpha value is -4.24. The number of amides is 1. The molecule has 0 unspecified atom stereocenters. The van der Waals surface area contributed by atoms with E-state index in [1.165, 1.54) is 19.5 Å². The lowest BCUT2D eigenvalue weighted by Gasteiger charge is -2.16. The smallest absolute Gasteiger partial charge is 0.254 e. The van der Waals surface area contributed by atoms with Crippen molar-refractivity contribution in [2.45, 2.75) is 0 Å². The fourth-order valence-electron chi connectivity index (χ4n) is 3.43. The number of primary amides is 1. The third kappa shape index (κ3) is 4.39. The Morgan fingerprint density at radius 2 is 1.85 bits per heavy atom. The van der Waals surface area contributed by atoms with Crippen molar-refractivity contribution < 1.29 is 28.5 Å². The third-order valence-corrected chi connectivity index (χ3v) is 4.86. The average molecular weight is 449 g/mol. The van der Waals surface area contributed by atoms with Gasteiger partial charge in [0.05, 0.1) is 25.4 Å². The molecule has 0 saturated carbocycles. The van der Waals surface area contributed by atoms with Crippen molar-refractivity contribution in [3.63, 3.8) is 0 Å². The van der Waals surface area contributed by atoms with Gasteiger partial charge in [-0.15, -0.1) is 0 Å². The van der Waals surface area contributed by atoms with Crippen LogP contribution in [0.1, 0.15) is 10.4 Å². The summed E-state index contributed by atoms with van der Waals surface area (Å²) >= 11 is 0. The average Bonchev–Trinajstić information content (AvgIpc) is 2.83. The highest BCUT2D eigenvalue weighted by atomic mass is 19.1. The molecule has 2 aromatic heterocycles. The maximum absolute atomic E-state index is 14.5. The number of methoxy groups -OCH3 is 1. The van der Waals surface area contributed by atoms with Crippen molar-refractivity contribution in [3.05, 3.63) is 72.4 Å². The zero-order valence-electron chi connectivity index (χ0n) is 17.6. The minimum atomic E-state index is -0.986. The number of fused-ring (bicyclic) bond motifs is 1. The number of ether oxygens (including phenoxy) is 3. The van der Waals surface area contributed by atoms with Crippen LogP contribution in [0, 0.1) is 5.95 Å². The molecule has 33 heavy (non-hydrogen) atoms. The first-order valence-corrected chi connectivity index (χ1v) is 9.95. The Morgan fingerprint density at radius 1 is 1.06 bits per heavy atom. The number of hydrogen-bond acceptors (Lipinski definition) is 7. The largest absolute Gasteiger partial charge is 0.493 e. The Labute approximate surface area is 188 Å². The lowest BCUT2D eigenvalue weighted by molar-refractivity contribution is 0.0996.